The average molecular weight is 714 g/mol. The summed E-state index contributed by atoms with van der Waals surface area (Å²) < 4.78 is 6.50. The fourth-order valence-corrected chi connectivity index (χ4v) is 8.44. The van der Waals surface area contributed by atoms with Gasteiger partial charge in [-0.25, -0.2) is 0 Å². The Hall–Kier alpha value is -7.42. The summed E-state index contributed by atoms with van der Waals surface area (Å²) >= 11 is 0. The van der Waals surface area contributed by atoms with Crippen LogP contribution in [0, 0.1) is 0 Å². The van der Waals surface area contributed by atoms with Gasteiger partial charge in [0.1, 0.15) is 11.2 Å². The van der Waals surface area contributed by atoms with Crippen LogP contribution in [-0.2, 0) is 0 Å². The predicted octanol–water partition coefficient (Wildman–Crippen LogP) is 15.5. The smallest absolute Gasteiger partial charge is 0.143 e. The van der Waals surface area contributed by atoms with Crippen LogP contribution in [0.2, 0.25) is 0 Å². The van der Waals surface area contributed by atoms with Gasteiger partial charge in [0.05, 0.1) is 5.69 Å². The van der Waals surface area contributed by atoms with Gasteiger partial charge >= 0.3 is 0 Å². The van der Waals surface area contributed by atoms with Crippen LogP contribution in [-0.4, -0.2) is 0 Å². The molecule has 0 aliphatic carbocycles. The van der Waals surface area contributed by atoms with E-state index in [4.69, 9.17) is 4.42 Å². The minimum absolute atomic E-state index is 0.909. The maximum atomic E-state index is 6.50. The molecule has 1 heterocycles. The van der Waals surface area contributed by atoms with Crippen molar-refractivity contribution >= 4 is 71.3 Å². The molecule has 0 radical (unpaired) electrons. The van der Waals surface area contributed by atoms with Gasteiger partial charge < -0.3 is 9.32 Å². The Morgan fingerprint density at radius 1 is 0.304 bits per heavy atom. The van der Waals surface area contributed by atoms with E-state index in [0.717, 1.165) is 60.9 Å². The molecule has 2 heteroatoms. The van der Waals surface area contributed by atoms with Crippen LogP contribution in [0.3, 0.4) is 0 Å². The van der Waals surface area contributed by atoms with Gasteiger partial charge in [-0.3, -0.25) is 0 Å². The molecule has 0 saturated heterocycles. The Labute approximate surface area is 325 Å². The molecule has 0 fully saturated rings. The first-order valence-corrected chi connectivity index (χ1v) is 19.2. The molecular weight excluding hydrogens is 679 g/mol. The molecule has 0 aliphatic heterocycles. The van der Waals surface area contributed by atoms with Gasteiger partial charge in [0, 0.05) is 33.1 Å². The average Bonchev–Trinajstić information content (AvgIpc) is 3.66. The third kappa shape index (κ3) is 5.42. The van der Waals surface area contributed by atoms with E-state index in [-0.39, 0.29) is 0 Å². The molecule has 1 aromatic heterocycles. The van der Waals surface area contributed by atoms with E-state index in [9.17, 15) is 0 Å². The minimum atomic E-state index is 0.909. The second-order valence-electron chi connectivity index (χ2n) is 14.5. The maximum Gasteiger partial charge on any atom is 0.143 e. The zero-order chi connectivity index (χ0) is 37.0. The highest BCUT2D eigenvalue weighted by Gasteiger charge is 2.19. The van der Waals surface area contributed by atoms with E-state index >= 15 is 0 Å². The number of rotatable bonds is 6. The van der Waals surface area contributed by atoms with Gasteiger partial charge in [-0.1, -0.05) is 158 Å². The van der Waals surface area contributed by atoms with Crippen molar-refractivity contribution in [2.75, 3.05) is 4.90 Å². The molecule has 11 aromatic rings. The minimum Gasteiger partial charge on any atom is -0.455 e. The number of nitrogens with zero attached hydrogens (tertiary/aromatic N) is 1. The van der Waals surface area contributed by atoms with Crippen molar-refractivity contribution < 1.29 is 4.42 Å². The van der Waals surface area contributed by atoms with Gasteiger partial charge in [0.15, 0.2) is 0 Å². The molecule has 2 nitrogen and oxygen atoms in total. The molecule has 0 unspecified atom stereocenters. The normalized spacial score (nSPS) is 11.6. The number of fused-ring (bicyclic) bond motifs is 8. The first-order chi connectivity index (χ1) is 27.7. The molecule has 262 valence electrons. The molecule has 0 atom stereocenters. The highest BCUT2D eigenvalue weighted by Crippen LogP contribution is 2.43. The Kier molecular flexibility index (Phi) is 7.53. The van der Waals surface area contributed by atoms with Crippen molar-refractivity contribution in [2.24, 2.45) is 0 Å². The summed E-state index contributed by atoms with van der Waals surface area (Å²) in [5, 5.41) is 9.61. The zero-order valence-corrected chi connectivity index (χ0v) is 30.6. The van der Waals surface area contributed by atoms with Crippen molar-refractivity contribution in [1.29, 1.82) is 0 Å². The Balaban J connectivity index is 1.04. The lowest BCUT2D eigenvalue weighted by Gasteiger charge is -2.28. The SMILES string of the molecule is c1ccc(-c2ccc(N(c3ccc(-c4ccc5c(ccc6ccccc65)c4)cc3)c3ccccc3-c3ccc4ccc5c6ccccc6oc5c4c3)cc2)cc1. The summed E-state index contributed by atoms with van der Waals surface area (Å²) in [6, 6.07) is 76.5. The fourth-order valence-electron chi connectivity index (χ4n) is 8.44. The predicted molar refractivity (Wildman–Crippen MR) is 237 cm³/mol. The van der Waals surface area contributed by atoms with E-state index in [1.807, 2.05) is 12.1 Å². The van der Waals surface area contributed by atoms with E-state index in [1.165, 1.54) is 43.8 Å². The molecule has 0 bridgehead atoms. The first kappa shape index (κ1) is 32.0. The summed E-state index contributed by atoms with van der Waals surface area (Å²) in [5.74, 6) is 0. The molecule has 11 rings (SSSR count). The lowest BCUT2D eigenvalue weighted by molar-refractivity contribution is 0.672. The van der Waals surface area contributed by atoms with Crippen molar-refractivity contribution in [3.8, 4) is 33.4 Å². The van der Waals surface area contributed by atoms with Crippen LogP contribution < -0.4 is 4.90 Å². The Bertz CT molecular complexity index is 3230. The molecule has 56 heavy (non-hydrogen) atoms. The Morgan fingerprint density at radius 3 is 1.66 bits per heavy atom. The number of furan rings is 1. The van der Waals surface area contributed by atoms with E-state index in [2.05, 4.69) is 205 Å². The second-order valence-corrected chi connectivity index (χ2v) is 14.5. The van der Waals surface area contributed by atoms with Gasteiger partial charge in [0.25, 0.3) is 0 Å². The summed E-state index contributed by atoms with van der Waals surface area (Å²) in [7, 11) is 0. The lowest BCUT2D eigenvalue weighted by atomic mass is 9.96. The molecule has 0 saturated carbocycles. The molecular formula is C54H35NO. The standard InChI is InChI=1S/C54H35NO/c1-2-10-36(11-3-1)37-22-28-44(29-23-37)55(45-30-24-38(25-31-45)41-27-32-47-42(34-41)20-18-39-12-4-5-13-46(39)47)52-16-8-6-14-48(52)43-21-19-40-26-33-50-49-15-7-9-17-53(49)56-54(50)51(40)35-43/h1-35H. The monoisotopic (exact) mass is 713 g/mol. The quantitative estimate of drug-likeness (QED) is 0.160. The number of benzene rings is 10. The highest BCUT2D eigenvalue weighted by molar-refractivity contribution is 6.16. The number of hydrogen-bond acceptors (Lipinski definition) is 2. The van der Waals surface area contributed by atoms with Gasteiger partial charge in [-0.2, -0.15) is 0 Å². The number of para-hydroxylation sites is 2. The van der Waals surface area contributed by atoms with Crippen LogP contribution in [0.25, 0.3) is 87.6 Å². The largest absolute Gasteiger partial charge is 0.455 e. The summed E-state index contributed by atoms with van der Waals surface area (Å²) in [6.45, 7) is 0. The molecule has 0 aliphatic rings. The third-order valence-electron chi connectivity index (χ3n) is 11.3. The van der Waals surface area contributed by atoms with Crippen LogP contribution in [0.4, 0.5) is 17.1 Å². The van der Waals surface area contributed by atoms with Crippen molar-refractivity contribution in [2.45, 2.75) is 0 Å². The summed E-state index contributed by atoms with van der Waals surface area (Å²) in [4.78, 5) is 2.38. The summed E-state index contributed by atoms with van der Waals surface area (Å²) in [6.07, 6.45) is 0. The van der Waals surface area contributed by atoms with E-state index < -0.39 is 0 Å². The molecule has 10 aromatic carbocycles. The lowest BCUT2D eigenvalue weighted by Crippen LogP contribution is -2.11. The maximum absolute atomic E-state index is 6.50. The van der Waals surface area contributed by atoms with Crippen LogP contribution >= 0.6 is 0 Å². The first-order valence-electron chi connectivity index (χ1n) is 19.2. The molecule has 0 N–H and O–H groups in total. The zero-order valence-electron chi connectivity index (χ0n) is 30.6. The van der Waals surface area contributed by atoms with Gasteiger partial charge in [-0.15, -0.1) is 0 Å². The van der Waals surface area contributed by atoms with Crippen LogP contribution in [0.5, 0.6) is 0 Å². The summed E-state index contributed by atoms with van der Waals surface area (Å²) in [5.41, 5.74) is 12.1. The van der Waals surface area contributed by atoms with Crippen molar-refractivity contribution in [3.05, 3.63) is 212 Å². The van der Waals surface area contributed by atoms with Crippen molar-refractivity contribution in [3.63, 3.8) is 0 Å². The van der Waals surface area contributed by atoms with Gasteiger partial charge in [0.2, 0.25) is 0 Å². The molecule has 0 spiro atoms. The number of anilines is 3. The van der Waals surface area contributed by atoms with Crippen LogP contribution in [0.15, 0.2) is 217 Å². The van der Waals surface area contributed by atoms with Crippen LogP contribution in [0.1, 0.15) is 0 Å². The fraction of sp³-hybridized carbons (Fsp3) is 0. The third-order valence-corrected chi connectivity index (χ3v) is 11.3. The van der Waals surface area contributed by atoms with Gasteiger partial charge in [-0.05, 0) is 109 Å². The number of hydrogen-bond donors (Lipinski definition) is 0. The van der Waals surface area contributed by atoms with Crippen molar-refractivity contribution in [1.82, 2.24) is 0 Å². The highest BCUT2D eigenvalue weighted by atomic mass is 16.3. The topological polar surface area (TPSA) is 16.4 Å². The Morgan fingerprint density at radius 2 is 0.839 bits per heavy atom. The second kappa shape index (κ2) is 13.2. The van der Waals surface area contributed by atoms with E-state index in [0.29, 0.717) is 0 Å². The molecule has 0 amide bonds. The van der Waals surface area contributed by atoms with E-state index in [1.54, 1.807) is 0 Å².